The predicted octanol–water partition coefficient (Wildman–Crippen LogP) is 6.05. The highest BCUT2D eigenvalue weighted by Crippen LogP contribution is 2.33. The van der Waals surface area contributed by atoms with E-state index in [9.17, 15) is 18.0 Å². The Kier molecular flexibility index (Phi) is 10.3. The van der Waals surface area contributed by atoms with Crippen molar-refractivity contribution in [2.75, 3.05) is 17.4 Å². The van der Waals surface area contributed by atoms with Crippen LogP contribution in [0.5, 0.6) is 0 Å². The maximum atomic E-state index is 13.8. The van der Waals surface area contributed by atoms with E-state index in [1.54, 1.807) is 44.2 Å². The van der Waals surface area contributed by atoms with Gasteiger partial charge in [-0.2, -0.15) is 0 Å². The molecule has 3 rings (SSSR count). The van der Waals surface area contributed by atoms with Crippen molar-refractivity contribution in [1.29, 1.82) is 0 Å². The Morgan fingerprint density at radius 2 is 1.53 bits per heavy atom. The van der Waals surface area contributed by atoms with E-state index in [0.717, 1.165) is 4.31 Å². The first-order chi connectivity index (χ1) is 17.9. The number of nitrogens with one attached hydrogen (secondary N) is 1. The zero-order valence-corrected chi connectivity index (χ0v) is 24.3. The highest BCUT2D eigenvalue weighted by molar-refractivity contribution is 7.92. The Morgan fingerprint density at radius 3 is 2.16 bits per heavy atom. The molecule has 0 aliphatic carbocycles. The van der Waals surface area contributed by atoms with Crippen molar-refractivity contribution >= 4 is 73.9 Å². The van der Waals surface area contributed by atoms with Crippen LogP contribution in [0.2, 0.25) is 20.1 Å². The third-order valence-electron chi connectivity index (χ3n) is 5.66. The lowest BCUT2D eigenvalue weighted by Gasteiger charge is -2.32. The lowest BCUT2D eigenvalue weighted by Crippen LogP contribution is -2.51. The second kappa shape index (κ2) is 13.0. The van der Waals surface area contributed by atoms with E-state index >= 15 is 0 Å². The van der Waals surface area contributed by atoms with E-state index in [1.165, 1.54) is 41.3 Å². The number of anilines is 1. The van der Waals surface area contributed by atoms with E-state index in [4.69, 9.17) is 46.4 Å². The van der Waals surface area contributed by atoms with Crippen LogP contribution in [-0.4, -0.2) is 44.3 Å². The molecule has 0 saturated carbocycles. The van der Waals surface area contributed by atoms with Gasteiger partial charge in [-0.05, 0) is 61.9 Å². The number of halogens is 4. The molecule has 202 valence electrons. The summed E-state index contributed by atoms with van der Waals surface area (Å²) in [5.41, 5.74) is 0.547. The minimum absolute atomic E-state index is 0.0199. The molecular weight excluding hydrogens is 592 g/mol. The highest BCUT2D eigenvalue weighted by Gasteiger charge is 2.33. The van der Waals surface area contributed by atoms with Crippen LogP contribution >= 0.6 is 46.4 Å². The van der Waals surface area contributed by atoms with E-state index in [1.807, 2.05) is 0 Å². The second-order valence-corrected chi connectivity index (χ2v) is 11.8. The monoisotopic (exact) mass is 615 g/mol. The SMILES string of the molecule is CCNC(=O)[C@@H](C)N(Cc1ccc(Cl)cc1Cl)C(=O)CN(c1cc(Cl)ccc1Cl)S(=O)(=O)c1ccccc1. The Labute approximate surface area is 242 Å². The molecular formula is C26H25Cl4N3O4S. The Hall–Kier alpha value is -2.49. The van der Waals surface area contributed by atoms with Gasteiger partial charge in [-0.3, -0.25) is 13.9 Å². The molecule has 3 aromatic rings. The number of carbonyl (C=O) groups is 2. The molecule has 3 aromatic carbocycles. The van der Waals surface area contributed by atoms with E-state index in [-0.39, 0.29) is 27.2 Å². The van der Waals surface area contributed by atoms with Crippen LogP contribution in [0, 0.1) is 0 Å². The molecule has 0 heterocycles. The van der Waals surface area contributed by atoms with Crippen LogP contribution in [0.15, 0.2) is 71.6 Å². The van der Waals surface area contributed by atoms with Gasteiger partial charge in [-0.15, -0.1) is 0 Å². The third-order valence-corrected chi connectivity index (χ3v) is 8.58. The third kappa shape index (κ3) is 7.12. The van der Waals surface area contributed by atoms with Crippen molar-refractivity contribution in [2.24, 2.45) is 0 Å². The molecule has 0 aliphatic heterocycles. The van der Waals surface area contributed by atoms with Crippen molar-refractivity contribution in [1.82, 2.24) is 10.2 Å². The van der Waals surface area contributed by atoms with Gasteiger partial charge in [0, 0.05) is 28.2 Å². The fraction of sp³-hybridized carbons (Fsp3) is 0.231. The van der Waals surface area contributed by atoms with Crippen LogP contribution in [0.4, 0.5) is 5.69 Å². The number of likely N-dealkylation sites (N-methyl/N-ethyl adjacent to an activating group) is 1. The topological polar surface area (TPSA) is 86.8 Å². The fourth-order valence-electron chi connectivity index (χ4n) is 3.65. The molecule has 1 N–H and O–H groups in total. The average Bonchev–Trinajstić information content (AvgIpc) is 2.88. The van der Waals surface area contributed by atoms with E-state index in [0.29, 0.717) is 22.2 Å². The lowest BCUT2D eigenvalue weighted by molar-refractivity contribution is -0.139. The van der Waals surface area contributed by atoms with E-state index < -0.39 is 34.4 Å². The molecule has 0 aliphatic rings. The molecule has 0 fully saturated rings. The Morgan fingerprint density at radius 1 is 0.895 bits per heavy atom. The summed E-state index contributed by atoms with van der Waals surface area (Å²) in [5.74, 6) is -1.07. The Balaban J connectivity index is 2.08. The predicted molar refractivity (Wildman–Crippen MR) is 153 cm³/mol. The van der Waals surface area contributed by atoms with Gasteiger partial charge in [0.25, 0.3) is 10.0 Å². The summed E-state index contributed by atoms with van der Waals surface area (Å²) in [4.78, 5) is 27.8. The van der Waals surface area contributed by atoms with Gasteiger partial charge in [0.15, 0.2) is 0 Å². The fourth-order valence-corrected chi connectivity index (χ4v) is 6.00. The summed E-state index contributed by atoms with van der Waals surface area (Å²) in [5, 5.41) is 3.70. The number of nitrogens with zero attached hydrogens (tertiary/aromatic N) is 2. The minimum Gasteiger partial charge on any atom is -0.355 e. The van der Waals surface area contributed by atoms with Gasteiger partial charge in [0.1, 0.15) is 12.6 Å². The van der Waals surface area contributed by atoms with Crippen LogP contribution < -0.4 is 9.62 Å². The van der Waals surface area contributed by atoms with Crippen LogP contribution in [0.25, 0.3) is 0 Å². The van der Waals surface area contributed by atoms with Crippen molar-refractivity contribution in [3.8, 4) is 0 Å². The number of hydrogen-bond donors (Lipinski definition) is 1. The molecule has 0 radical (unpaired) electrons. The maximum Gasteiger partial charge on any atom is 0.264 e. The highest BCUT2D eigenvalue weighted by atomic mass is 35.5. The van der Waals surface area contributed by atoms with Gasteiger partial charge in [-0.1, -0.05) is 70.7 Å². The number of hydrogen-bond acceptors (Lipinski definition) is 4. The van der Waals surface area contributed by atoms with Gasteiger partial charge in [0.2, 0.25) is 11.8 Å². The molecule has 0 aromatic heterocycles. The maximum absolute atomic E-state index is 13.8. The lowest BCUT2D eigenvalue weighted by atomic mass is 10.1. The molecule has 12 heteroatoms. The second-order valence-electron chi connectivity index (χ2n) is 8.25. The summed E-state index contributed by atoms with van der Waals surface area (Å²) in [6.45, 7) is 2.92. The zero-order valence-electron chi connectivity index (χ0n) is 20.5. The van der Waals surface area contributed by atoms with Crippen molar-refractivity contribution in [3.05, 3.63) is 92.4 Å². The summed E-state index contributed by atoms with van der Waals surface area (Å²) in [6.07, 6.45) is 0. The molecule has 38 heavy (non-hydrogen) atoms. The van der Waals surface area contributed by atoms with Crippen LogP contribution in [0.1, 0.15) is 19.4 Å². The number of sulfonamides is 1. The normalized spacial score (nSPS) is 12.1. The van der Waals surface area contributed by atoms with E-state index in [2.05, 4.69) is 5.32 Å². The first-order valence-electron chi connectivity index (χ1n) is 11.5. The minimum atomic E-state index is -4.27. The number of benzene rings is 3. The van der Waals surface area contributed by atoms with Gasteiger partial charge >= 0.3 is 0 Å². The molecule has 0 saturated heterocycles. The molecule has 2 amide bonds. The quantitative estimate of drug-likeness (QED) is 0.300. The number of carbonyl (C=O) groups excluding carboxylic acids is 2. The van der Waals surface area contributed by atoms with Crippen molar-refractivity contribution < 1.29 is 18.0 Å². The largest absolute Gasteiger partial charge is 0.355 e. The van der Waals surface area contributed by atoms with Gasteiger partial charge < -0.3 is 10.2 Å². The Bertz CT molecular complexity index is 1420. The first-order valence-corrected chi connectivity index (χ1v) is 14.4. The molecule has 7 nitrogen and oxygen atoms in total. The zero-order chi connectivity index (χ0) is 28.0. The average molecular weight is 617 g/mol. The standard InChI is InChI=1S/C26H25Cl4N3O4S/c1-3-31-26(35)17(2)32(15-18-9-10-19(27)13-23(18)30)25(34)16-33(24-14-20(28)11-12-22(24)29)38(36,37)21-7-5-4-6-8-21/h4-14,17H,3,15-16H2,1-2H3,(H,31,35)/t17-/m1/s1. The van der Waals surface area contributed by atoms with Gasteiger partial charge in [-0.25, -0.2) is 8.42 Å². The summed E-state index contributed by atoms with van der Waals surface area (Å²) in [7, 11) is -4.27. The molecule has 0 spiro atoms. The smallest absolute Gasteiger partial charge is 0.264 e. The van der Waals surface area contributed by atoms with Gasteiger partial charge in [0.05, 0.1) is 15.6 Å². The van der Waals surface area contributed by atoms with Crippen LogP contribution in [-0.2, 0) is 26.2 Å². The van der Waals surface area contributed by atoms with Crippen molar-refractivity contribution in [3.63, 3.8) is 0 Å². The molecule has 1 atom stereocenters. The summed E-state index contributed by atoms with van der Waals surface area (Å²) < 4.78 is 28.4. The summed E-state index contributed by atoms with van der Waals surface area (Å²) >= 11 is 24.9. The number of amides is 2. The first kappa shape index (κ1) is 30.1. The van der Waals surface area contributed by atoms with Crippen LogP contribution in [0.3, 0.4) is 0 Å². The molecule has 0 bridgehead atoms. The number of rotatable bonds is 10. The van der Waals surface area contributed by atoms with Crippen molar-refractivity contribution in [2.45, 2.75) is 31.3 Å². The molecule has 0 unspecified atom stereocenters. The summed E-state index contributed by atoms with van der Waals surface area (Å²) in [6, 6.07) is 15.8.